The van der Waals surface area contributed by atoms with Crippen LogP contribution in [-0.4, -0.2) is 23.5 Å². The summed E-state index contributed by atoms with van der Waals surface area (Å²) in [6.07, 6.45) is 1.86. The van der Waals surface area contributed by atoms with E-state index in [4.69, 9.17) is 0 Å². The predicted octanol–water partition coefficient (Wildman–Crippen LogP) is 0.00432. The third kappa shape index (κ3) is 1.15. The van der Waals surface area contributed by atoms with Crippen molar-refractivity contribution < 1.29 is 0 Å². The number of H-pyrrole nitrogens is 1. The largest absolute Gasteiger partial charge is 0.329 e. The average Bonchev–Trinajstić information content (AvgIpc) is 2.80. The maximum absolute atomic E-state index is 11.9. The summed E-state index contributed by atoms with van der Waals surface area (Å²) in [7, 11) is 1.59. The Hall–Kier alpha value is -2.31. The molecule has 0 radical (unpaired) electrons. The first-order valence-electron chi connectivity index (χ1n) is 5.71. The van der Waals surface area contributed by atoms with Gasteiger partial charge >= 0.3 is 5.69 Å². The van der Waals surface area contributed by atoms with Gasteiger partial charge in [-0.2, -0.15) is 4.98 Å². The number of rotatable bonds is 1. The molecule has 18 heavy (non-hydrogen) atoms. The van der Waals surface area contributed by atoms with Crippen LogP contribution in [0.15, 0.2) is 15.8 Å². The van der Waals surface area contributed by atoms with Crippen LogP contribution in [0.1, 0.15) is 12.6 Å². The van der Waals surface area contributed by atoms with Crippen molar-refractivity contribution in [3.8, 4) is 0 Å². The minimum Gasteiger partial charge on any atom is -0.314 e. The quantitative estimate of drug-likeness (QED) is 0.657. The Bertz CT molecular complexity index is 877. The minimum atomic E-state index is -0.451. The first-order chi connectivity index (χ1) is 8.54. The van der Waals surface area contributed by atoms with Crippen LogP contribution >= 0.6 is 0 Å². The van der Waals surface area contributed by atoms with Gasteiger partial charge in [-0.05, 0) is 13.8 Å². The molecule has 0 saturated heterocycles. The second-order valence-electron chi connectivity index (χ2n) is 4.29. The fourth-order valence-corrected chi connectivity index (χ4v) is 2.31. The normalized spacial score (nSPS) is 11.7. The Labute approximate surface area is 101 Å². The van der Waals surface area contributed by atoms with Gasteiger partial charge in [0.05, 0.1) is 0 Å². The van der Waals surface area contributed by atoms with Crippen molar-refractivity contribution >= 4 is 16.9 Å². The number of aromatic amines is 1. The van der Waals surface area contributed by atoms with Gasteiger partial charge in [-0.25, -0.2) is 4.79 Å². The molecule has 7 heteroatoms. The molecule has 0 saturated carbocycles. The van der Waals surface area contributed by atoms with Crippen LogP contribution in [0.25, 0.3) is 16.9 Å². The van der Waals surface area contributed by atoms with Crippen LogP contribution in [-0.2, 0) is 13.6 Å². The summed E-state index contributed by atoms with van der Waals surface area (Å²) in [6, 6.07) is 0. The van der Waals surface area contributed by atoms with Crippen molar-refractivity contribution in [2.45, 2.75) is 20.4 Å². The Morgan fingerprint density at radius 1 is 1.39 bits per heavy atom. The first-order valence-corrected chi connectivity index (χ1v) is 5.71. The maximum atomic E-state index is 11.9. The molecule has 0 atom stereocenters. The molecule has 0 unspecified atom stereocenters. The molecule has 1 N–H and O–H groups in total. The fourth-order valence-electron chi connectivity index (χ4n) is 2.31. The van der Waals surface area contributed by atoms with Gasteiger partial charge in [0.15, 0.2) is 11.2 Å². The van der Waals surface area contributed by atoms with Gasteiger partial charge in [0.25, 0.3) is 5.56 Å². The number of aryl methyl sites for hydroxylation is 3. The van der Waals surface area contributed by atoms with Gasteiger partial charge in [0, 0.05) is 25.5 Å². The van der Waals surface area contributed by atoms with E-state index in [0.29, 0.717) is 16.9 Å². The molecule has 3 aromatic rings. The summed E-state index contributed by atoms with van der Waals surface area (Å²) in [6.45, 7) is 4.73. The minimum absolute atomic E-state index is 0.404. The predicted molar refractivity (Wildman–Crippen MR) is 67.0 cm³/mol. The molecule has 0 amide bonds. The lowest BCUT2D eigenvalue weighted by Crippen LogP contribution is -2.28. The maximum Gasteiger partial charge on any atom is 0.329 e. The molecule has 0 aliphatic heterocycles. The molecular weight excluding hydrogens is 234 g/mol. The van der Waals surface area contributed by atoms with E-state index in [-0.39, 0.29) is 0 Å². The van der Waals surface area contributed by atoms with Gasteiger partial charge in [0.1, 0.15) is 0 Å². The van der Waals surface area contributed by atoms with E-state index in [9.17, 15) is 9.59 Å². The van der Waals surface area contributed by atoms with Crippen LogP contribution in [0.2, 0.25) is 0 Å². The zero-order valence-electron chi connectivity index (χ0n) is 10.4. The van der Waals surface area contributed by atoms with Crippen molar-refractivity contribution in [2.24, 2.45) is 7.05 Å². The van der Waals surface area contributed by atoms with E-state index in [1.54, 1.807) is 11.4 Å². The SMILES string of the molecule is CCn1c(C)cn2c3c(=O)[nH]c(=O)n(C)c3nc12. The molecule has 3 rings (SSSR count). The first kappa shape index (κ1) is 10.8. The summed E-state index contributed by atoms with van der Waals surface area (Å²) in [5, 5.41) is 0. The third-order valence-electron chi connectivity index (χ3n) is 3.23. The van der Waals surface area contributed by atoms with Crippen molar-refractivity contribution in [2.75, 3.05) is 0 Å². The van der Waals surface area contributed by atoms with Crippen LogP contribution in [0.3, 0.4) is 0 Å². The van der Waals surface area contributed by atoms with Crippen molar-refractivity contribution in [3.05, 3.63) is 32.7 Å². The van der Waals surface area contributed by atoms with E-state index in [2.05, 4.69) is 9.97 Å². The number of nitrogens with one attached hydrogen (secondary N) is 1. The van der Waals surface area contributed by atoms with Gasteiger partial charge in [0.2, 0.25) is 5.78 Å². The fraction of sp³-hybridized carbons (Fsp3) is 0.364. The molecule has 0 bridgehead atoms. The molecular formula is C11H13N5O2. The van der Waals surface area contributed by atoms with Crippen LogP contribution in [0.4, 0.5) is 0 Å². The number of aromatic nitrogens is 5. The van der Waals surface area contributed by atoms with Gasteiger partial charge in [-0.3, -0.25) is 18.7 Å². The summed E-state index contributed by atoms with van der Waals surface area (Å²) < 4.78 is 5.06. The van der Waals surface area contributed by atoms with E-state index >= 15 is 0 Å². The van der Waals surface area contributed by atoms with Crippen LogP contribution < -0.4 is 11.2 Å². The number of hydrogen-bond acceptors (Lipinski definition) is 3. The molecule has 0 aliphatic rings. The van der Waals surface area contributed by atoms with E-state index in [1.165, 1.54) is 4.57 Å². The molecule has 3 heterocycles. The molecule has 0 aromatic carbocycles. The monoisotopic (exact) mass is 247 g/mol. The summed E-state index contributed by atoms with van der Waals surface area (Å²) in [5.74, 6) is 0.678. The van der Waals surface area contributed by atoms with Crippen molar-refractivity contribution in [3.63, 3.8) is 0 Å². The number of hydrogen-bond donors (Lipinski definition) is 1. The van der Waals surface area contributed by atoms with Gasteiger partial charge < -0.3 is 4.57 Å². The second-order valence-corrected chi connectivity index (χ2v) is 4.29. The van der Waals surface area contributed by atoms with E-state index < -0.39 is 11.2 Å². The zero-order valence-corrected chi connectivity index (χ0v) is 10.4. The lowest BCUT2D eigenvalue weighted by atomic mass is 10.5. The topological polar surface area (TPSA) is 77.1 Å². The lowest BCUT2D eigenvalue weighted by Gasteiger charge is -1.99. The second kappa shape index (κ2) is 3.34. The highest BCUT2D eigenvalue weighted by atomic mass is 16.2. The summed E-state index contributed by atoms with van der Waals surface area (Å²) in [4.78, 5) is 30.1. The summed E-state index contributed by atoms with van der Waals surface area (Å²) >= 11 is 0. The van der Waals surface area contributed by atoms with Crippen molar-refractivity contribution in [1.29, 1.82) is 0 Å². The van der Waals surface area contributed by atoms with E-state index in [0.717, 1.165) is 12.2 Å². The average molecular weight is 247 g/mol. The highest BCUT2D eigenvalue weighted by Gasteiger charge is 2.16. The molecule has 0 aliphatic carbocycles. The van der Waals surface area contributed by atoms with Crippen molar-refractivity contribution in [1.82, 2.24) is 23.5 Å². The number of imidazole rings is 2. The molecule has 0 fully saturated rings. The van der Waals surface area contributed by atoms with Gasteiger partial charge in [-0.15, -0.1) is 0 Å². The number of nitrogens with zero attached hydrogens (tertiary/aromatic N) is 4. The number of fused-ring (bicyclic) bond motifs is 3. The smallest absolute Gasteiger partial charge is 0.314 e. The Morgan fingerprint density at radius 2 is 2.11 bits per heavy atom. The molecule has 3 aromatic heterocycles. The highest BCUT2D eigenvalue weighted by molar-refractivity contribution is 5.75. The summed E-state index contributed by atoms with van der Waals surface area (Å²) in [5.41, 5.74) is 0.973. The van der Waals surface area contributed by atoms with Crippen LogP contribution in [0.5, 0.6) is 0 Å². The van der Waals surface area contributed by atoms with E-state index in [1.807, 2.05) is 24.6 Å². The molecule has 7 nitrogen and oxygen atoms in total. The Balaban J connectivity index is 2.65. The van der Waals surface area contributed by atoms with Gasteiger partial charge in [-0.1, -0.05) is 0 Å². The zero-order chi connectivity index (χ0) is 13.0. The lowest BCUT2D eigenvalue weighted by molar-refractivity contribution is 0.756. The third-order valence-corrected chi connectivity index (χ3v) is 3.23. The highest BCUT2D eigenvalue weighted by Crippen LogP contribution is 2.15. The Kier molecular flexibility index (Phi) is 2.01. The Morgan fingerprint density at radius 3 is 2.78 bits per heavy atom. The van der Waals surface area contributed by atoms with Crippen LogP contribution in [0, 0.1) is 6.92 Å². The molecule has 0 spiro atoms. The standard InChI is InChI=1S/C11H13N5O2/c1-4-15-6(2)5-16-7-8(12-10(15)16)14(3)11(18)13-9(7)17/h5H,4H2,1-3H3,(H,13,17,18). The molecule has 94 valence electrons.